The van der Waals surface area contributed by atoms with E-state index in [0.29, 0.717) is 12.1 Å². The molecule has 0 fully saturated rings. The van der Waals surface area contributed by atoms with Crippen LogP contribution >= 0.6 is 23.2 Å². The zero-order chi connectivity index (χ0) is 15.1. The Morgan fingerprint density at radius 3 is 2.71 bits per heavy atom. The molecule has 1 amide bonds. The monoisotopic (exact) mass is 323 g/mol. The normalized spacial score (nSPS) is 17.7. The summed E-state index contributed by atoms with van der Waals surface area (Å²) in [6, 6.07) is 7.37. The van der Waals surface area contributed by atoms with E-state index in [-0.39, 0.29) is 22.3 Å². The van der Waals surface area contributed by atoms with E-state index in [2.05, 4.69) is 28.6 Å². The van der Waals surface area contributed by atoms with Crippen molar-refractivity contribution in [2.75, 3.05) is 6.54 Å². The van der Waals surface area contributed by atoms with Crippen molar-refractivity contribution in [3.05, 3.63) is 51.5 Å². The molecule has 1 atom stereocenters. The molecule has 21 heavy (non-hydrogen) atoms. The van der Waals surface area contributed by atoms with Gasteiger partial charge in [0.1, 0.15) is 10.3 Å². The number of hydrogen-bond acceptors (Lipinski definition) is 2. The van der Waals surface area contributed by atoms with Gasteiger partial charge in [-0.25, -0.2) is 4.98 Å². The first-order chi connectivity index (χ1) is 9.99. The van der Waals surface area contributed by atoms with Crippen LogP contribution in [0.25, 0.3) is 0 Å². The number of fused-ring (bicyclic) bond motifs is 1. The predicted molar refractivity (Wildman–Crippen MR) is 82.9 cm³/mol. The Labute approximate surface area is 133 Å². The van der Waals surface area contributed by atoms with Crippen molar-refractivity contribution in [1.82, 2.24) is 14.5 Å². The standard InChI is InChI=1S/C15H15Cl2N3O/c1-9-3-5-12-10(2)20(8-7-19(9)12)15(21)11-4-6-13(16)18-14(11)17/h3-6,10H,7-8H2,1-2H3. The van der Waals surface area contributed by atoms with E-state index >= 15 is 0 Å². The lowest BCUT2D eigenvalue weighted by molar-refractivity contribution is 0.0642. The number of carbonyl (C=O) groups excluding carboxylic acids is 1. The largest absolute Gasteiger partial charge is 0.345 e. The first-order valence-electron chi connectivity index (χ1n) is 6.78. The predicted octanol–water partition coefficient (Wildman–Crippen LogP) is 3.72. The summed E-state index contributed by atoms with van der Waals surface area (Å²) >= 11 is 11.8. The van der Waals surface area contributed by atoms with Crippen molar-refractivity contribution in [1.29, 1.82) is 0 Å². The summed E-state index contributed by atoms with van der Waals surface area (Å²) in [4.78, 5) is 18.5. The van der Waals surface area contributed by atoms with E-state index in [1.807, 2.05) is 11.8 Å². The molecule has 3 rings (SSSR count). The summed E-state index contributed by atoms with van der Waals surface area (Å²) in [5.74, 6) is -0.109. The van der Waals surface area contributed by atoms with Crippen LogP contribution in [0.2, 0.25) is 10.3 Å². The second-order valence-corrected chi connectivity index (χ2v) is 5.94. The van der Waals surface area contributed by atoms with Crippen LogP contribution in [0.1, 0.15) is 34.7 Å². The van der Waals surface area contributed by atoms with Gasteiger partial charge in [-0.05, 0) is 38.1 Å². The lowest BCUT2D eigenvalue weighted by Gasteiger charge is -2.35. The molecule has 0 saturated heterocycles. The Morgan fingerprint density at radius 1 is 1.24 bits per heavy atom. The van der Waals surface area contributed by atoms with Crippen molar-refractivity contribution in [2.24, 2.45) is 0 Å². The first kappa shape index (κ1) is 14.4. The number of pyridine rings is 1. The topological polar surface area (TPSA) is 38.1 Å². The minimum Gasteiger partial charge on any atom is -0.345 e. The number of amides is 1. The quantitative estimate of drug-likeness (QED) is 0.750. The highest BCUT2D eigenvalue weighted by Crippen LogP contribution is 2.29. The molecule has 1 aliphatic heterocycles. The van der Waals surface area contributed by atoms with Crippen LogP contribution in [0.5, 0.6) is 0 Å². The fourth-order valence-corrected chi connectivity index (χ4v) is 3.25. The van der Waals surface area contributed by atoms with Crippen LogP contribution in [-0.4, -0.2) is 26.9 Å². The Bertz CT molecular complexity index is 711. The molecule has 0 bridgehead atoms. The van der Waals surface area contributed by atoms with Crippen LogP contribution < -0.4 is 0 Å². The number of carbonyl (C=O) groups is 1. The van der Waals surface area contributed by atoms with Gasteiger partial charge in [0.25, 0.3) is 5.91 Å². The number of hydrogen-bond donors (Lipinski definition) is 0. The number of rotatable bonds is 1. The summed E-state index contributed by atoms with van der Waals surface area (Å²) in [6.07, 6.45) is 0. The van der Waals surface area contributed by atoms with E-state index in [0.717, 1.165) is 12.2 Å². The van der Waals surface area contributed by atoms with Gasteiger partial charge in [-0.2, -0.15) is 0 Å². The molecule has 110 valence electrons. The van der Waals surface area contributed by atoms with Gasteiger partial charge in [0.2, 0.25) is 0 Å². The maximum Gasteiger partial charge on any atom is 0.257 e. The van der Waals surface area contributed by atoms with Gasteiger partial charge in [0, 0.05) is 24.5 Å². The van der Waals surface area contributed by atoms with Gasteiger partial charge >= 0.3 is 0 Å². The maximum absolute atomic E-state index is 12.7. The summed E-state index contributed by atoms with van der Waals surface area (Å²) in [6.45, 7) is 5.55. The van der Waals surface area contributed by atoms with Gasteiger partial charge in [-0.3, -0.25) is 4.79 Å². The highest BCUT2D eigenvalue weighted by molar-refractivity contribution is 6.34. The van der Waals surface area contributed by atoms with E-state index in [4.69, 9.17) is 23.2 Å². The summed E-state index contributed by atoms with van der Waals surface area (Å²) in [7, 11) is 0. The van der Waals surface area contributed by atoms with E-state index < -0.39 is 0 Å². The van der Waals surface area contributed by atoms with E-state index in [1.165, 1.54) is 5.69 Å². The number of aromatic nitrogens is 2. The zero-order valence-electron chi connectivity index (χ0n) is 11.8. The van der Waals surface area contributed by atoms with E-state index in [1.54, 1.807) is 12.1 Å². The Kier molecular flexibility index (Phi) is 3.68. The molecule has 0 aliphatic carbocycles. The van der Waals surface area contributed by atoms with Crippen molar-refractivity contribution in [3.63, 3.8) is 0 Å². The molecule has 1 unspecified atom stereocenters. The van der Waals surface area contributed by atoms with E-state index in [9.17, 15) is 4.79 Å². The molecule has 0 saturated carbocycles. The lowest BCUT2D eigenvalue weighted by Crippen LogP contribution is -2.41. The Morgan fingerprint density at radius 2 is 2.00 bits per heavy atom. The molecule has 2 aromatic heterocycles. The Hall–Kier alpha value is -1.52. The summed E-state index contributed by atoms with van der Waals surface area (Å²) in [5.41, 5.74) is 2.75. The van der Waals surface area contributed by atoms with Crippen LogP contribution in [0.4, 0.5) is 0 Å². The van der Waals surface area contributed by atoms with Crippen molar-refractivity contribution < 1.29 is 4.79 Å². The van der Waals surface area contributed by atoms with Crippen molar-refractivity contribution in [2.45, 2.75) is 26.4 Å². The zero-order valence-corrected chi connectivity index (χ0v) is 13.3. The lowest BCUT2D eigenvalue weighted by atomic mass is 10.1. The maximum atomic E-state index is 12.7. The molecule has 3 heterocycles. The summed E-state index contributed by atoms with van der Waals surface area (Å²) in [5, 5.41) is 0.435. The molecule has 2 aromatic rings. The van der Waals surface area contributed by atoms with Crippen LogP contribution in [0, 0.1) is 6.92 Å². The fourth-order valence-electron chi connectivity index (χ4n) is 2.82. The van der Waals surface area contributed by atoms with Gasteiger partial charge in [-0.15, -0.1) is 0 Å². The second kappa shape index (κ2) is 5.35. The third-order valence-electron chi connectivity index (χ3n) is 4.00. The molecule has 0 radical (unpaired) electrons. The number of aryl methyl sites for hydroxylation is 1. The number of halogens is 2. The molecule has 1 aliphatic rings. The minimum atomic E-state index is -0.109. The van der Waals surface area contributed by atoms with Gasteiger partial charge in [0.05, 0.1) is 11.6 Å². The molecular weight excluding hydrogens is 309 g/mol. The van der Waals surface area contributed by atoms with Crippen molar-refractivity contribution in [3.8, 4) is 0 Å². The Balaban J connectivity index is 1.93. The third-order valence-corrected chi connectivity index (χ3v) is 4.50. The molecule has 0 spiro atoms. The first-order valence-corrected chi connectivity index (χ1v) is 7.53. The highest BCUT2D eigenvalue weighted by atomic mass is 35.5. The van der Waals surface area contributed by atoms with Crippen LogP contribution in [-0.2, 0) is 6.54 Å². The van der Waals surface area contributed by atoms with Crippen LogP contribution in [0.3, 0.4) is 0 Å². The smallest absolute Gasteiger partial charge is 0.257 e. The average Bonchev–Trinajstić information content (AvgIpc) is 2.81. The molecular formula is C15H15Cl2N3O. The van der Waals surface area contributed by atoms with Crippen molar-refractivity contribution >= 4 is 29.1 Å². The molecule has 6 heteroatoms. The number of nitrogens with zero attached hydrogens (tertiary/aromatic N) is 3. The molecule has 4 nitrogen and oxygen atoms in total. The second-order valence-electron chi connectivity index (χ2n) is 5.20. The van der Waals surface area contributed by atoms with Gasteiger partial charge < -0.3 is 9.47 Å². The van der Waals surface area contributed by atoms with Gasteiger partial charge in [0.15, 0.2) is 0 Å². The summed E-state index contributed by atoms with van der Waals surface area (Å²) < 4.78 is 2.25. The average molecular weight is 324 g/mol. The fraction of sp³-hybridized carbons (Fsp3) is 0.333. The third kappa shape index (κ3) is 2.43. The molecule has 0 N–H and O–H groups in total. The van der Waals surface area contributed by atoms with Crippen LogP contribution in [0.15, 0.2) is 24.3 Å². The minimum absolute atomic E-state index is 0.00620. The molecule has 0 aromatic carbocycles. The van der Waals surface area contributed by atoms with Gasteiger partial charge in [-0.1, -0.05) is 23.2 Å². The SMILES string of the molecule is Cc1ccc2n1CCN(C(=O)c1ccc(Cl)nc1Cl)C2C. The highest BCUT2D eigenvalue weighted by Gasteiger charge is 2.30.